The molecule has 39 heavy (non-hydrogen) atoms. The Morgan fingerprint density at radius 3 is 2.15 bits per heavy atom. The molecule has 0 aromatic rings. The number of hydrogen-bond donors (Lipinski definition) is 4. The fourth-order valence-electron chi connectivity index (χ4n) is 3.93. The minimum atomic E-state index is -0.372. The molecule has 5 N–H and O–H groups in total. The molecular formula is C25H46BN5O7S. The molecule has 0 saturated carbocycles. The number of hydrogen-bond acceptors (Lipinski definition) is 9. The molecule has 5 amide bonds. The first-order valence-electron chi connectivity index (χ1n) is 13.8. The normalized spacial score (nSPS) is 16.7. The number of nitrogens with one attached hydrogen (secondary N) is 3. The van der Waals surface area contributed by atoms with Crippen molar-refractivity contribution in [3.63, 3.8) is 0 Å². The maximum Gasteiger partial charge on any atom is 0.242 e. The number of rotatable bonds is 22. The molecule has 222 valence electrons. The van der Waals surface area contributed by atoms with Crippen molar-refractivity contribution >= 4 is 49.1 Å². The third kappa shape index (κ3) is 14.7. The molecule has 1 rings (SSSR count). The summed E-state index contributed by atoms with van der Waals surface area (Å²) in [7, 11) is 2.14. The van der Waals surface area contributed by atoms with Gasteiger partial charge < -0.3 is 31.2 Å². The number of nitrogens with two attached hydrogens (primary N) is 1. The molecule has 0 aromatic carbocycles. The molecule has 2 atom stereocenters. The highest BCUT2D eigenvalue weighted by molar-refractivity contribution is 8.03. The van der Waals surface area contributed by atoms with Gasteiger partial charge in [0.2, 0.25) is 29.5 Å². The summed E-state index contributed by atoms with van der Waals surface area (Å²) < 4.78 is 10.7. The van der Waals surface area contributed by atoms with E-state index in [1.54, 1.807) is 11.8 Å². The summed E-state index contributed by atoms with van der Waals surface area (Å²) in [5.41, 5.74) is 5.28. The molecule has 14 heteroatoms. The van der Waals surface area contributed by atoms with E-state index in [1.807, 2.05) is 0 Å². The Labute approximate surface area is 237 Å². The first kappa shape index (κ1) is 34.9. The summed E-state index contributed by atoms with van der Waals surface area (Å²) in [6, 6.07) is 0. The Balaban J connectivity index is 2.07. The van der Waals surface area contributed by atoms with Crippen molar-refractivity contribution in [1.82, 2.24) is 20.9 Å². The van der Waals surface area contributed by atoms with Crippen LogP contribution < -0.4 is 21.7 Å². The minimum absolute atomic E-state index is 0.0335. The largest absolute Gasteiger partial charge is 0.379 e. The first-order valence-corrected chi connectivity index (χ1v) is 14.7. The Hall–Kier alpha value is -2.16. The zero-order valence-corrected chi connectivity index (χ0v) is 24.5. The second-order valence-electron chi connectivity index (χ2n) is 9.56. The molecule has 0 bridgehead atoms. The molecular weight excluding hydrogens is 525 g/mol. The molecule has 0 aliphatic carbocycles. The molecule has 1 heterocycles. The smallest absolute Gasteiger partial charge is 0.242 e. The number of thioether (sulfide) groups is 1. The summed E-state index contributed by atoms with van der Waals surface area (Å²) in [5.74, 6) is -0.973. The fourth-order valence-corrected chi connectivity index (χ4v) is 5.56. The van der Waals surface area contributed by atoms with Gasteiger partial charge in [-0.3, -0.25) is 28.9 Å². The van der Waals surface area contributed by atoms with Crippen molar-refractivity contribution in [2.45, 2.75) is 68.7 Å². The number of carbonyl (C=O) groups is 5. The van der Waals surface area contributed by atoms with E-state index in [1.165, 1.54) is 4.90 Å². The lowest BCUT2D eigenvalue weighted by molar-refractivity contribution is -0.138. The van der Waals surface area contributed by atoms with E-state index in [0.29, 0.717) is 39.5 Å². The van der Waals surface area contributed by atoms with Crippen molar-refractivity contribution in [3.05, 3.63) is 0 Å². The number of ether oxygens (including phenoxy) is 2. The number of nitrogens with zero attached hydrogens (tertiary/aromatic N) is 1. The Morgan fingerprint density at radius 1 is 0.949 bits per heavy atom. The van der Waals surface area contributed by atoms with Gasteiger partial charge in [0, 0.05) is 58.4 Å². The van der Waals surface area contributed by atoms with Crippen molar-refractivity contribution in [2.24, 2.45) is 5.73 Å². The van der Waals surface area contributed by atoms with Crippen LogP contribution in [0.4, 0.5) is 0 Å². The standard InChI is InChI=1S/C25H46BN5O7S/c1-3-8-25(26,4-2)39-19-18-23(35)31(24(19)36)13-6-21(33)30-12-15-38-17-16-37-14-7-22(34)29-11-10-28-20(32)5-9-27/h19H,3-18,26-27H2,1-2H3,(H,28,32)(H,29,34)(H,30,33). The van der Waals surface area contributed by atoms with Crippen molar-refractivity contribution in [2.75, 3.05) is 59.2 Å². The van der Waals surface area contributed by atoms with Crippen LogP contribution >= 0.6 is 11.8 Å². The monoisotopic (exact) mass is 571 g/mol. The summed E-state index contributed by atoms with van der Waals surface area (Å²) in [5, 5.41) is 7.68. The topological polar surface area (TPSA) is 169 Å². The van der Waals surface area contributed by atoms with Crippen LogP contribution in [-0.4, -0.2) is 111 Å². The van der Waals surface area contributed by atoms with Crippen molar-refractivity contribution in [1.29, 1.82) is 0 Å². The van der Waals surface area contributed by atoms with E-state index in [4.69, 9.17) is 15.2 Å². The maximum absolute atomic E-state index is 12.8. The summed E-state index contributed by atoms with van der Waals surface area (Å²) in [6.07, 6.45) is 3.64. The van der Waals surface area contributed by atoms with Crippen LogP contribution in [0.2, 0.25) is 0 Å². The molecule has 1 aliphatic heterocycles. The SMILES string of the molecule is BC(CC)(CCC)SC1CC(=O)N(CCC(=O)NCCOCCOCCC(=O)NCCNC(=O)CCN)C1=O. The van der Waals surface area contributed by atoms with Gasteiger partial charge in [0.25, 0.3) is 0 Å². The average Bonchev–Trinajstić information content (AvgIpc) is 3.15. The van der Waals surface area contributed by atoms with Crippen LogP contribution in [0.1, 0.15) is 58.8 Å². The lowest BCUT2D eigenvalue weighted by atomic mass is 9.80. The van der Waals surface area contributed by atoms with Crippen LogP contribution in [-0.2, 0) is 33.4 Å². The Morgan fingerprint density at radius 2 is 1.54 bits per heavy atom. The highest BCUT2D eigenvalue weighted by Crippen LogP contribution is 2.38. The maximum atomic E-state index is 12.8. The van der Waals surface area contributed by atoms with E-state index >= 15 is 0 Å². The zero-order chi connectivity index (χ0) is 29.1. The number of carbonyl (C=O) groups excluding carboxylic acids is 5. The van der Waals surface area contributed by atoms with Gasteiger partial charge in [-0.15, -0.1) is 0 Å². The van der Waals surface area contributed by atoms with Crippen LogP contribution in [0.25, 0.3) is 0 Å². The molecule has 0 spiro atoms. The molecule has 0 aromatic heterocycles. The van der Waals surface area contributed by atoms with Crippen LogP contribution in [0, 0.1) is 0 Å². The van der Waals surface area contributed by atoms with E-state index in [0.717, 1.165) is 19.3 Å². The van der Waals surface area contributed by atoms with Gasteiger partial charge in [-0.1, -0.05) is 20.3 Å². The third-order valence-electron chi connectivity index (χ3n) is 6.27. The lowest BCUT2D eigenvalue weighted by Gasteiger charge is -2.29. The molecule has 1 fully saturated rings. The van der Waals surface area contributed by atoms with Gasteiger partial charge in [-0.05, 0) is 17.5 Å². The first-order chi connectivity index (χ1) is 18.7. The Bertz CT molecular complexity index is 807. The van der Waals surface area contributed by atoms with Crippen LogP contribution in [0.5, 0.6) is 0 Å². The molecule has 2 unspecified atom stereocenters. The number of imide groups is 1. The van der Waals surface area contributed by atoms with E-state index in [-0.39, 0.29) is 84.8 Å². The van der Waals surface area contributed by atoms with Crippen molar-refractivity contribution in [3.8, 4) is 0 Å². The van der Waals surface area contributed by atoms with Gasteiger partial charge in [-0.25, -0.2) is 0 Å². The number of likely N-dealkylation sites (tertiary alicyclic amines) is 1. The molecule has 0 radical (unpaired) electrons. The quantitative estimate of drug-likeness (QED) is 0.0716. The van der Waals surface area contributed by atoms with Gasteiger partial charge in [-0.2, -0.15) is 11.8 Å². The molecule has 1 aliphatic rings. The van der Waals surface area contributed by atoms with Gasteiger partial charge in [0.15, 0.2) is 0 Å². The second kappa shape index (κ2) is 19.8. The van der Waals surface area contributed by atoms with Gasteiger partial charge >= 0.3 is 0 Å². The lowest BCUT2D eigenvalue weighted by Crippen LogP contribution is -2.37. The highest BCUT2D eigenvalue weighted by Gasteiger charge is 2.42. The molecule has 1 saturated heterocycles. The van der Waals surface area contributed by atoms with E-state index < -0.39 is 0 Å². The second-order valence-corrected chi connectivity index (χ2v) is 11.4. The summed E-state index contributed by atoms with van der Waals surface area (Å²) >= 11 is 1.59. The average molecular weight is 572 g/mol. The van der Waals surface area contributed by atoms with E-state index in [9.17, 15) is 24.0 Å². The van der Waals surface area contributed by atoms with Gasteiger partial charge in [0.05, 0.1) is 31.7 Å². The minimum Gasteiger partial charge on any atom is -0.379 e. The summed E-state index contributed by atoms with van der Waals surface area (Å²) in [6.45, 7) is 6.74. The summed E-state index contributed by atoms with van der Waals surface area (Å²) in [4.78, 5) is 61.4. The third-order valence-corrected chi connectivity index (χ3v) is 7.99. The predicted octanol–water partition coefficient (Wildman–Crippen LogP) is -1.10. The van der Waals surface area contributed by atoms with E-state index in [2.05, 4.69) is 37.6 Å². The Kier molecular flexibility index (Phi) is 17.7. The zero-order valence-electron chi connectivity index (χ0n) is 23.7. The molecule has 12 nitrogen and oxygen atoms in total. The van der Waals surface area contributed by atoms with Crippen LogP contribution in [0.15, 0.2) is 0 Å². The number of amides is 5. The highest BCUT2D eigenvalue weighted by atomic mass is 32.2. The van der Waals surface area contributed by atoms with Crippen LogP contribution in [0.3, 0.4) is 0 Å². The van der Waals surface area contributed by atoms with Crippen molar-refractivity contribution < 1.29 is 33.4 Å². The fraction of sp³-hybridized carbons (Fsp3) is 0.800. The predicted molar refractivity (Wildman–Crippen MR) is 153 cm³/mol. The van der Waals surface area contributed by atoms with Gasteiger partial charge in [0.1, 0.15) is 7.85 Å².